The van der Waals surface area contributed by atoms with Gasteiger partial charge in [0.1, 0.15) is 11.1 Å². The van der Waals surface area contributed by atoms with E-state index in [-0.39, 0.29) is 11.9 Å². The number of para-hydroxylation sites is 1. The first-order valence-electron chi connectivity index (χ1n) is 11.2. The van der Waals surface area contributed by atoms with Crippen molar-refractivity contribution in [2.45, 2.75) is 0 Å². The van der Waals surface area contributed by atoms with Gasteiger partial charge in [-0.05, 0) is 24.3 Å². The zero-order chi connectivity index (χ0) is 23.8. The monoisotopic (exact) mass is 467 g/mol. The van der Waals surface area contributed by atoms with E-state index < -0.39 is 0 Å². The van der Waals surface area contributed by atoms with E-state index in [0.717, 1.165) is 27.9 Å². The van der Waals surface area contributed by atoms with Gasteiger partial charge in [0.2, 0.25) is 5.95 Å². The summed E-state index contributed by atoms with van der Waals surface area (Å²) in [5, 5.41) is 3.79. The Morgan fingerprint density at radius 1 is 1.00 bits per heavy atom. The molecule has 3 N–H and O–H groups in total. The molecule has 1 aliphatic rings. The predicted molar refractivity (Wildman–Crippen MR) is 132 cm³/mol. The third-order valence-electron chi connectivity index (χ3n) is 5.83. The highest BCUT2D eigenvalue weighted by atomic mass is 16.5. The smallest absolute Gasteiger partial charge is 0.258 e. The maximum atomic E-state index is 12.6. The number of nitrogens with two attached hydrogens (primary N) is 1. The van der Waals surface area contributed by atoms with Gasteiger partial charge in [0.25, 0.3) is 5.91 Å². The summed E-state index contributed by atoms with van der Waals surface area (Å²) in [4.78, 5) is 32.3. The molecule has 0 radical (unpaired) electrons. The largest absolute Gasteiger partial charge is 0.450 e. The normalized spacial score (nSPS) is 13.9. The lowest BCUT2D eigenvalue weighted by Crippen LogP contribution is -2.37. The fourth-order valence-electron chi connectivity index (χ4n) is 4.09. The highest BCUT2D eigenvalue weighted by Crippen LogP contribution is 2.35. The molecule has 0 spiro atoms. The van der Waals surface area contributed by atoms with Gasteiger partial charge in [0, 0.05) is 42.1 Å². The number of ether oxygens (including phenoxy) is 1. The van der Waals surface area contributed by atoms with Crippen LogP contribution in [0.25, 0.3) is 33.5 Å². The van der Waals surface area contributed by atoms with Crippen molar-refractivity contribution in [3.8, 4) is 11.4 Å². The molecule has 0 saturated carbocycles. The first kappa shape index (κ1) is 21.0. The van der Waals surface area contributed by atoms with Gasteiger partial charge in [-0.1, -0.05) is 24.3 Å². The summed E-state index contributed by atoms with van der Waals surface area (Å²) in [5.74, 6) is 1.04. The summed E-state index contributed by atoms with van der Waals surface area (Å²) in [5.41, 5.74) is 9.34. The second-order valence-electron chi connectivity index (χ2n) is 8.11. The standard InChI is InChI=1S/C25H21N7O3/c26-25-27-13-16(14-28-25)24(33)29-17-5-3-4-15(12-17)22-30-20-18-6-1-2-7-19(18)35-21(20)23(31-22)32-8-10-34-11-9-32/h1-7,12-14H,8-11H2,(H,29,33)(H2,26,27,28). The number of benzene rings is 2. The zero-order valence-electron chi connectivity index (χ0n) is 18.6. The van der Waals surface area contributed by atoms with E-state index in [4.69, 9.17) is 24.9 Å². The molecule has 0 bridgehead atoms. The van der Waals surface area contributed by atoms with Crippen molar-refractivity contribution in [3.63, 3.8) is 0 Å². The number of hydrogen-bond donors (Lipinski definition) is 2. The van der Waals surface area contributed by atoms with Crippen molar-refractivity contribution in [1.29, 1.82) is 0 Å². The molecule has 1 amide bonds. The predicted octanol–water partition coefficient (Wildman–Crippen LogP) is 3.50. The second kappa shape index (κ2) is 8.65. The number of furan rings is 1. The number of carbonyl (C=O) groups is 1. The molecule has 174 valence electrons. The molecule has 10 nitrogen and oxygen atoms in total. The Morgan fingerprint density at radius 3 is 2.63 bits per heavy atom. The van der Waals surface area contributed by atoms with Gasteiger partial charge in [-0.15, -0.1) is 0 Å². The number of carbonyl (C=O) groups excluding carboxylic acids is 1. The second-order valence-corrected chi connectivity index (χ2v) is 8.11. The number of nitrogens with zero attached hydrogens (tertiary/aromatic N) is 5. The minimum atomic E-state index is -0.339. The summed E-state index contributed by atoms with van der Waals surface area (Å²) >= 11 is 0. The van der Waals surface area contributed by atoms with Crippen molar-refractivity contribution in [2.24, 2.45) is 0 Å². The van der Waals surface area contributed by atoms with Crippen LogP contribution in [0.15, 0.2) is 65.3 Å². The number of nitrogen functional groups attached to an aromatic ring is 1. The number of nitrogens with one attached hydrogen (secondary N) is 1. The third-order valence-corrected chi connectivity index (χ3v) is 5.83. The van der Waals surface area contributed by atoms with E-state index in [1.807, 2.05) is 42.5 Å². The van der Waals surface area contributed by atoms with Crippen LogP contribution in [0.3, 0.4) is 0 Å². The summed E-state index contributed by atoms with van der Waals surface area (Å²) in [6, 6.07) is 15.2. The van der Waals surface area contributed by atoms with Crippen molar-refractivity contribution in [2.75, 3.05) is 42.3 Å². The number of amides is 1. The van der Waals surface area contributed by atoms with Gasteiger partial charge < -0.3 is 25.1 Å². The van der Waals surface area contributed by atoms with Crippen molar-refractivity contribution in [3.05, 3.63) is 66.5 Å². The van der Waals surface area contributed by atoms with Crippen LogP contribution < -0.4 is 16.0 Å². The molecule has 0 aliphatic carbocycles. The first-order valence-corrected chi connectivity index (χ1v) is 11.2. The minimum Gasteiger partial charge on any atom is -0.450 e. The zero-order valence-corrected chi connectivity index (χ0v) is 18.6. The molecule has 1 aliphatic heterocycles. The number of anilines is 3. The average molecular weight is 467 g/mol. The highest BCUT2D eigenvalue weighted by molar-refractivity contribution is 6.07. The Labute approximate surface area is 199 Å². The molecule has 4 heterocycles. The lowest BCUT2D eigenvalue weighted by atomic mass is 10.1. The van der Waals surface area contributed by atoms with E-state index in [9.17, 15) is 4.79 Å². The lowest BCUT2D eigenvalue weighted by molar-refractivity contribution is 0.102. The van der Waals surface area contributed by atoms with Crippen LogP contribution in [-0.2, 0) is 4.74 Å². The van der Waals surface area contributed by atoms with E-state index in [2.05, 4.69) is 20.2 Å². The quantitative estimate of drug-likeness (QED) is 0.407. The molecule has 2 aromatic carbocycles. The first-order chi connectivity index (χ1) is 17.2. The van der Waals surface area contributed by atoms with Gasteiger partial charge in [0.05, 0.1) is 18.8 Å². The van der Waals surface area contributed by atoms with Gasteiger partial charge in [-0.3, -0.25) is 4.79 Å². The molecule has 5 aromatic rings. The van der Waals surface area contributed by atoms with Crippen molar-refractivity contribution < 1.29 is 13.9 Å². The molecule has 1 saturated heterocycles. The van der Waals surface area contributed by atoms with E-state index in [0.29, 0.717) is 49.0 Å². The fourth-order valence-corrected chi connectivity index (χ4v) is 4.09. The van der Waals surface area contributed by atoms with Crippen LogP contribution in [0.5, 0.6) is 0 Å². The summed E-state index contributed by atoms with van der Waals surface area (Å²) in [6.07, 6.45) is 2.77. The van der Waals surface area contributed by atoms with Gasteiger partial charge in [-0.2, -0.15) is 0 Å². The van der Waals surface area contributed by atoms with E-state index in [1.54, 1.807) is 6.07 Å². The summed E-state index contributed by atoms with van der Waals surface area (Å²) in [7, 11) is 0. The van der Waals surface area contributed by atoms with Crippen LogP contribution in [0.4, 0.5) is 17.5 Å². The molecule has 1 fully saturated rings. The van der Waals surface area contributed by atoms with E-state index >= 15 is 0 Å². The number of morpholine rings is 1. The average Bonchev–Trinajstić information content (AvgIpc) is 3.28. The molecular formula is C25H21N7O3. The Bertz CT molecular complexity index is 1540. The Morgan fingerprint density at radius 2 is 1.80 bits per heavy atom. The number of rotatable bonds is 4. The lowest BCUT2D eigenvalue weighted by Gasteiger charge is -2.27. The van der Waals surface area contributed by atoms with Crippen molar-refractivity contribution in [1.82, 2.24) is 19.9 Å². The SMILES string of the molecule is Nc1ncc(C(=O)Nc2cccc(-c3nc(N4CCOCC4)c4oc5ccccc5c4n3)c2)cn1. The Kier molecular flexibility index (Phi) is 5.19. The van der Waals surface area contributed by atoms with Gasteiger partial charge in [0.15, 0.2) is 17.2 Å². The van der Waals surface area contributed by atoms with Crippen LogP contribution in [0.1, 0.15) is 10.4 Å². The third kappa shape index (κ3) is 4.00. The number of fused-ring (bicyclic) bond motifs is 3. The molecule has 35 heavy (non-hydrogen) atoms. The van der Waals surface area contributed by atoms with Crippen LogP contribution in [0.2, 0.25) is 0 Å². The topological polar surface area (TPSA) is 132 Å². The van der Waals surface area contributed by atoms with Crippen LogP contribution in [-0.4, -0.2) is 52.1 Å². The minimum absolute atomic E-state index is 0.110. The maximum absolute atomic E-state index is 12.6. The van der Waals surface area contributed by atoms with Crippen LogP contribution in [0, 0.1) is 0 Å². The van der Waals surface area contributed by atoms with E-state index in [1.165, 1.54) is 12.4 Å². The Balaban J connectivity index is 1.41. The van der Waals surface area contributed by atoms with Crippen LogP contribution >= 0.6 is 0 Å². The summed E-state index contributed by atoms with van der Waals surface area (Å²) in [6.45, 7) is 2.67. The maximum Gasteiger partial charge on any atom is 0.258 e. The molecular weight excluding hydrogens is 446 g/mol. The fraction of sp³-hybridized carbons (Fsp3) is 0.160. The molecule has 0 unspecified atom stereocenters. The molecule has 0 atom stereocenters. The summed E-state index contributed by atoms with van der Waals surface area (Å²) < 4.78 is 11.7. The number of aromatic nitrogens is 4. The number of hydrogen-bond acceptors (Lipinski definition) is 9. The molecule has 3 aromatic heterocycles. The van der Waals surface area contributed by atoms with Gasteiger partial charge >= 0.3 is 0 Å². The Hall–Kier alpha value is -4.57. The molecule has 6 rings (SSSR count). The van der Waals surface area contributed by atoms with Gasteiger partial charge in [-0.25, -0.2) is 19.9 Å². The van der Waals surface area contributed by atoms with Crippen molar-refractivity contribution >= 4 is 45.4 Å². The molecule has 10 heteroatoms. The highest BCUT2D eigenvalue weighted by Gasteiger charge is 2.22.